The van der Waals surface area contributed by atoms with Crippen LogP contribution >= 0.6 is 0 Å². The van der Waals surface area contributed by atoms with Crippen molar-refractivity contribution in [3.8, 4) is 0 Å². The zero-order valence-corrected chi connectivity index (χ0v) is 13.7. The van der Waals surface area contributed by atoms with Crippen LogP contribution in [-0.4, -0.2) is 75.0 Å². The summed E-state index contributed by atoms with van der Waals surface area (Å²) in [6.07, 6.45) is 3.34. The molecule has 0 aromatic rings. The first kappa shape index (κ1) is 17.9. The Morgan fingerprint density at radius 1 is 1.29 bits per heavy atom. The number of amides is 2. The van der Waals surface area contributed by atoms with E-state index in [-0.39, 0.29) is 18.4 Å². The fraction of sp³-hybridized carbons (Fsp3) is 0.867. The van der Waals surface area contributed by atoms with E-state index in [9.17, 15) is 9.59 Å². The quantitative estimate of drug-likeness (QED) is 0.657. The molecule has 1 atom stereocenters. The van der Waals surface area contributed by atoms with Gasteiger partial charge in [0.05, 0.1) is 13.1 Å². The maximum atomic E-state index is 12.1. The molecule has 1 saturated heterocycles. The average molecular weight is 298 g/mol. The minimum Gasteiger partial charge on any atom is -0.355 e. The molecule has 0 bridgehead atoms. The second-order valence-corrected chi connectivity index (χ2v) is 6.01. The largest absolute Gasteiger partial charge is 0.355 e. The predicted octanol–water partition coefficient (Wildman–Crippen LogP) is -0.0976. The summed E-state index contributed by atoms with van der Waals surface area (Å²) in [6.45, 7) is 6.24. The number of nitrogens with zero attached hydrogens (tertiary/aromatic N) is 2. The van der Waals surface area contributed by atoms with Crippen molar-refractivity contribution in [3.05, 3.63) is 0 Å². The van der Waals surface area contributed by atoms with Crippen LogP contribution in [0.2, 0.25) is 0 Å². The summed E-state index contributed by atoms with van der Waals surface area (Å²) >= 11 is 0. The molecule has 6 heteroatoms. The van der Waals surface area contributed by atoms with Crippen molar-refractivity contribution in [2.24, 2.45) is 5.92 Å². The molecule has 1 aliphatic rings. The topological polar surface area (TPSA) is 64.7 Å². The van der Waals surface area contributed by atoms with Gasteiger partial charge in [-0.3, -0.25) is 14.5 Å². The minimum atomic E-state index is -0.0909. The Morgan fingerprint density at radius 2 is 2.05 bits per heavy atom. The molecule has 0 aliphatic carbocycles. The van der Waals surface area contributed by atoms with Crippen LogP contribution in [-0.2, 0) is 9.59 Å². The Balaban J connectivity index is 2.25. The van der Waals surface area contributed by atoms with Crippen LogP contribution in [0.4, 0.5) is 0 Å². The monoisotopic (exact) mass is 298 g/mol. The number of carbonyl (C=O) groups excluding carboxylic acids is 2. The molecule has 0 radical (unpaired) electrons. The summed E-state index contributed by atoms with van der Waals surface area (Å²) in [7, 11) is 3.65. The van der Waals surface area contributed by atoms with Crippen molar-refractivity contribution in [1.29, 1.82) is 0 Å². The molecule has 0 aromatic carbocycles. The van der Waals surface area contributed by atoms with Gasteiger partial charge in [0.15, 0.2) is 0 Å². The molecular formula is C15H30N4O2. The summed E-state index contributed by atoms with van der Waals surface area (Å²) in [5, 5.41) is 6.17. The molecule has 1 rings (SSSR count). The van der Waals surface area contributed by atoms with Crippen LogP contribution < -0.4 is 10.6 Å². The molecule has 122 valence electrons. The van der Waals surface area contributed by atoms with E-state index < -0.39 is 0 Å². The molecular weight excluding hydrogens is 268 g/mol. The second kappa shape index (κ2) is 9.73. The highest BCUT2D eigenvalue weighted by Gasteiger charge is 2.18. The molecule has 2 amide bonds. The molecule has 21 heavy (non-hydrogen) atoms. The van der Waals surface area contributed by atoms with Gasteiger partial charge in [-0.2, -0.15) is 0 Å². The van der Waals surface area contributed by atoms with Crippen molar-refractivity contribution < 1.29 is 9.59 Å². The standard InChI is InChI=1S/C15H30N4O2/c1-4-7-17-14(20)11-19(3)15(21)12-18(2)10-13-6-5-8-16-9-13/h13,16H,4-12H2,1-3H3,(H,17,20). The van der Waals surface area contributed by atoms with Crippen LogP contribution in [0.25, 0.3) is 0 Å². The average Bonchev–Trinajstić information content (AvgIpc) is 2.45. The van der Waals surface area contributed by atoms with E-state index in [2.05, 4.69) is 15.5 Å². The van der Waals surface area contributed by atoms with Gasteiger partial charge in [0, 0.05) is 20.1 Å². The van der Waals surface area contributed by atoms with Crippen molar-refractivity contribution in [1.82, 2.24) is 20.4 Å². The lowest BCUT2D eigenvalue weighted by atomic mass is 9.99. The van der Waals surface area contributed by atoms with E-state index in [1.165, 1.54) is 17.7 Å². The molecule has 1 aliphatic heterocycles. The van der Waals surface area contributed by atoms with Gasteiger partial charge in [0.2, 0.25) is 11.8 Å². The normalized spacial score (nSPS) is 18.6. The molecule has 1 heterocycles. The first-order valence-electron chi connectivity index (χ1n) is 7.92. The zero-order chi connectivity index (χ0) is 15.7. The number of hydrogen-bond acceptors (Lipinski definition) is 4. The maximum absolute atomic E-state index is 12.1. The highest BCUT2D eigenvalue weighted by Crippen LogP contribution is 2.10. The Kier molecular flexibility index (Phi) is 8.30. The van der Waals surface area contributed by atoms with Crippen LogP contribution in [0.1, 0.15) is 26.2 Å². The molecule has 0 aromatic heterocycles. The Morgan fingerprint density at radius 3 is 2.67 bits per heavy atom. The number of rotatable bonds is 8. The van der Waals surface area contributed by atoms with Gasteiger partial charge in [-0.1, -0.05) is 6.92 Å². The van der Waals surface area contributed by atoms with E-state index in [0.717, 1.165) is 26.1 Å². The van der Waals surface area contributed by atoms with Gasteiger partial charge in [0.25, 0.3) is 0 Å². The van der Waals surface area contributed by atoms with Gasteiger partial charge < -0.3 is 15.5 Å². The number of likely N-dealkylation sites (N-methyl/N-ethyl adjacent to an activating group) is 2. The third-order valence-electron chi connectivity index (χ3n) is 3.75. The third-order valence-corrected chi connectivity index (χ3v) is 3.75. The Bertz CT molecular complexity index is 330. The maximum Gasteiger partial charge on any atom is 0.239 e. The van der Waals surface area contributed by atoms with Crippen molar-refractivity contribution in [3.63, 3.8) is 0 Å². The SMILES string of the molecule is CCCNC(=O)CN(C)C(=O)CN(C)CC1CCCNC1. The third kappa shape index (κ3) is 7.43. The minimum absolute atomic E-state index is 0.00656. The number of carbonyl (C=O) groups is 2. The summed E-state index contributed by atoms with van der Waals surface area (Å²) in [4.78, 5) is 27.2. The van der Waals surface area contributed by atoms with E-state index >= 15 is 0 Å². The highest BCUT2D eigenvalue weighted by molar-refractivity contribution is 5.85. The number of hydrogen-bond donors (Lipinski definition) is 2. The summed E-state index contributed by atoms with van der Waals surface area (Å²) in [5.41, 5.74) is 0. The Labute approximate surface area is 128 Å². The lowest BCUT2D eigenvalue weighted by Gasteiger charge is -2.28. The van der Waals surface area contributed by atoms with Gasteiger partial charge in [-0.25, -0.2) is 0 Å². The van der Waals surface area contributed by atoms with E-state index in [0.29, 0.717) is 19.0 Å². The summed E-state index contributed by atoms with van der Waals surface area (Å²) in [6, 6.07) is 0. The molecule has 1 unspecified atom stereocenters. The Hall–Kier alpha value is -1.14. The number of piperidine rings is 1. The van der Waals surface area contributed by atoms with E-state index in [1.54, 1.807) is 7.05 Å². The fourth-order valence-electron chi connectivity index (χ4n) is 2.56. The first-order valence-corrected chi connectivity index (χ1v) is 7.92. The van der Waals surface area contributed by atoms with Gasteiger partial charge >= 0.3 is 0 Å². The molecule has 2 N–H and O–H groups in total. The molecule has 6 nitrogen and oxygen atoms in total. The van der Waals surface area contributed by atoms with Crippen LogP contribution in [0.15, 0.2) is 0 Å². The van der Waals surface area contributed by atoms with Crippen LogP contribution in [0, 0.1) is 5.92 Å². The molecule has 1 fully saturated rings. The smallest absolute Gasteiger partial charge is 0.239 e. The van der Waals surface area contributed by atoms with Crippen LogP contribution in [0.5, 0.6) is 0 Å². The summed E-state index contributed by atoms with van der Waals surface area (Å²) < 4.78 is 0. The van der Waals surface area contributed by atoms with Gasteiger partial charge in [0.1, 0.15) is 0 Å². The zero-order valence-electron chi connectivity index (χ0n) is 13.7. The van der Waals surface area contributed by atoms with Crippen molar-refractivity contribution in [2.75, 3.05) is 53.4 Å². The van der Waals surface area contributed by atoms with E-state index in [1.807, 2.05) is 14.0 Å². The van der Waals surface area contributed by atoms with E-state index in [4.69, 9.17) is 0 Å². The highest BCUT2D eigenvalue weighted by atomic mass is 16.2. The fourth-order valence-corrected chi connectivity index (χ4v) is 2.56. The lowest BCUT2D eigenvalue weighted by molar-refractivity contribution is -0.135. The first-order chi connectivity index (χ1) is 10.0. The predicted molar refractivity (Wildman–Crippen MR) is 84.0 cm³/mol. The molecule has 0 saturated carbocycles. The molecule has 0 spiro atoms. The number of nitrogens with one attached hydrogen (secondary N) is 2. The van der Waals surface area contributed by atoms with Crippen molar-refractivity contribution in [2.45, 2.75) is 26.2 Å². The van der Waals surface area contributed by atoms with Crippen LogP contribution in [0.3, 0.4) is 0 Å². The van der Waals surface area contributed by atoms with Gasteiger partial charge in [-0.15, -0.1) is 0 Å². The summed E-state index contributed by atoms with van der Waals surface area (Å²) in [5.74, 6) is 0.523. The second-order valence-electron chi connectivity index (χ2n) is 6.01. The van der Waals surface area contributed by atoms with Crippen molar-refractivity contribution >= 4 is 11.8 Å². The lowest BCUT2D eigenvalue weighted by Crippen LogP contribution is -2.44. The van der Waals surface area contributed by atoms with Gasteiger partial charge in [-0.05, 0) is 45.3 Å².